The van der Waals surface area contributed by atoms with E-state index in [1.807, 2.05) is 18.2 Å². The highest BCUT2D eigenvalue weighted by atomic mass is 16.3. The highest BCUT2D eigenvalue weighted by molar-refractivity contribution is 6.01. The quantitative estimate of drug-likeness (QED) is 0.560. The molecule has 22 heavy (non-hydrogen) atoms. The van der Waals surface area contributed by atoms with Crippen molar-refractivity contribution in [2.24, 2.45) is 0 Å². The number of aliphatic hydroxyl groups excluding tert-OH is 1. The fourth-order valence-corrected chi connectivity index (χ4v) is 2.77. The average molecular weight is 303 g/mol. The summed E-state index contributed by atoms with van der Waals surface area (Å²) >= 11 is 0. The number of aliphatic hydroxyl groups is 1. The lowest BCUT2D eigenvalue weighted by atomic mass is 10.0. The lowest BCUT2D eigenvalue weighted by Crippen LogP contribution is -2.52. The SMILES string of the molecule is O=C1CC[C@@H](NC(=O)Cc2ccc3c(c2)CC(O)N3)C(=O)N1. The van der Waals surface area contributed by atoms with E-state index in [2.05, 4.69) is 16.0 Å². The summed E-state index contributed by atoms with van der Waals surface area (Å²) in [5.74, 6) is -1.02. The van der Waals surface area contributed by atoms with Gasteiger partial charge in [0, 0.05) is 18.5 Å². The van der Waals surface area contributed by atoms with E-state index in [9.17, 15) is 19.5 Å². The molecule has 7 heteroatoms. The van der Waals surface area contributed by atoms with Crippen molar-refractivity contribution in [2.75, 3.05) is 5.32 Å². The van der Waals surface area contributed by atoms with E-state index in [-0.39, 0.29) is 24.7 Å². The fraction of sp³-hybridized carbons (Fsp3) is 0.400. The maximum Gasteiger partial charge on any atom is 0.249 e. The van der Waals surface area contributed by atoms with Crippen molar-refractivity contribution in [3.05, 3.63) is 29.3 Å². The minimum absolute atomic E-state index is 0.154. The van der Waals surface area contributed by atoms with Crippen molar-refractivity contribution in [3.63, 3.8) is 0 Å². The van der Waals surface area contributed by atoms with Crippen LogP contribution in [0.25, 0.3) is 0 Å². The van der Waals surface area contributed by atoms with E-state index in [0.717, 1.165) is 16.8 Å². The van der Waals surface area contributed by atoms with Crippen LogP contribution < -0.4 is 16.0 Å². The van der Waals surface area contributed by atoms with Gasteiger partial charge in [0.05, 0.1) is 6.42 Å². The Labute approximate surface area is 127 Å². The smallest absolute Gasteiger partial charge is 0.249 e. The number of carbonyl (C=O) groups excluding carboxylic acids is 3. The lowest BCUT2D eigenvalue weighted by molar-refractivity contribution is -0.137. The Morgan fingerprint density at radius 2 is 2.18 bits per heavy atom. The van der Waals surface area contributed by atoms with Crippen molar-refractivity contribution >= 4 is 23.4 Å². The van der Waals surface area contributed by atoms with E-state index < -0.39 is 18.2 Å². The van der Waals surface area contributed by atoms with Crippen LogP contribution in [0.4, 0.5) is 5.69 Å². The third-order valence-electron chi connectivity index (χ3n) is 3.84. The topological polar surface area (TPSA) is 108 Å². The Bertz CT molecular complexity index is 644. The van der Waals surface area contributed by atoms with Gasteiger partial charge < -0.3 is 15.7 Å². The minimum Gasteiger partial charge on any atom is -0.373 e. The van der Waals surface area contributed by atoms with Crippen molar-refractivity contribution in [3.8, 4) is 0 Å². The van der Waals surface area contributed by atoms with Gasteiger partial charge in [-0.25, -0.2) is 0 Å². The van der Waals surface area contributed by atoms with Crippen LogP contribution in [0.3, 0.4) is 0 Å². The van der Waals surface area contributed by atoms with Gasteiger partial charge in [0.2, 0.25) is 17.7 Å². The predicted molar refractivity (Wildman–Crippen MR) is 77.8 cm³/mol. The summed E-state index contributed by atoms with van der Waals surface area (Å²) in [6.07, 6.45) is 0.650. The zero-order valence-electron chi connectivity index (χ0n) is 11.9. The van der Waals surface area contributed by atoms with Crippen LogP contribution in [-0.2, 0) is 27.2 Å². The first-order chi connectivity index (χ1) is 10.5. The molecule has 2 atom stereocenters. The third-order valence-corrected chi connectivity index (χ3v) is 3.84. The Morgan fingerprint density at radius 3 is 2.95 bits per heavy atom. The number of rotatable bonds is 3. The molecule has 1 saturated heterocycles. The summed E-state index contributed by atoms with van der Waals surface area (Å²) in [6, 6.07) is 4.87. The highest BCUT2D eigenvalue weighted by Crippen LogP contribution is 2.25. The van der Waals surface area contributed by atoms with Gasteiger partial charge in [0.25, 0.3) is 0 Å². The minimum atomic E-state index is -0.650. The summed E-state index contributed by atoms with van der Waals surface area (Å²) in [5, 5.41) is 17.3. The van der Waals surface area contributed by atoms with Gasteiger partial charge in [-0.05, 0) is 23.6 Å². The Balaban J connectivity index is 1.59. The molecule has 0 radical (unpaired) electrons. The first kappa shape index (κ1) is 14.5. The molecule has 3 amide bonds. The molecular formula is C15H17N3O4. The number of benzene rings is 1. The van der Waals surface area contributed by atoms with Gasteiger partial charge in [-0.3, -0.25) is 19.7 Å². The average Bonchev–Trinajstić information content (AvgIpc) is 2.81. The molecule has 7 nitrogen and oxygen atoms in total. The summed E-state index contributed by atoms with van der Waals surface area (Å²) in [6.45, 7) is 0. The third kappa shape index (κ3) is 3.09. The number of amides is 3. The second-order valence-corrected chi connectivity index (χ2v) is 5.60. The maximum atomic E-state index is 12.0. The number of carbonyl (C=O) groups is 3. The standard InChI is InChI=1S/C15H17N3O4/c19-12-4-3-11(15(22)18-12)17-13(20)6-8-1-2-10-9(5-8)7-14(21)16-10/h1-2,5,11,14,16,21H,3-4,6-7H2,(H,17,20)(H,18,19,22)/t11-,14?/m1/s1. The molecule has 1 aromatic rings. The highest BCUT2D eigenvalue weighted by Gasteiger charge is 2.27. The molecule has 116 valence electrons. The van der Waals surface area contributed by atoms with Crippen LogP contribution in [-0.4, -0.2) is 35.1 Å². The van der Waals surface area contributed by atoms with Gasteiger partial charge in [0.1, 0.15) is 12.3 Å². The monoisotopic (exact) mass is 303 g/mol. The molecule has 3 rings (SSSR count). The molecule has 4 N–H and O–H groups in total. The molecule has 0 aliphatic carbocycles. The number of hydrogen-bond acceptors (Lipinski definition) is 5. The molecule has 0 saturated carbocycles. The number of fused-ring (bicyclic) bond motifs is 1. The van der Waals surface area contributed by atoms with E-state index in [1.54, 1.807) is 0 Å². The van der Waals surface area contributed by atoms with Gasteiger partial charge in [-0.2, -0.15) is 0 Å². The summed E-state index contributed by atoms with van der Waals surface area (Å²) in [5.41, 5.74) is 2.67. The number of hydrogen-bond donors (Lipinski definition) is 4. The first-order valence-corrected chi connectivity index (χ1v) is 7.21. The van der Waals surface area contributed by atoms with Crippen molar-refractivity contribution in [2.45, 2.75) is 38.0 Å². The second kappa shape index (κ2) is 5.76. The lowest BCUT2D eigenvalue weighted by Gasteiger charge is -2.21. The normalized spacial score (nSPS) is 23.5. The van der Waals surface area contributed by atoms with Gasteiger partial charge in [0.15, 0.2) is 0 Å². The second-order valence-electron chi connectivity index (χ2n) is 5.60. The zero-order valence-corrected chi connectivity index (χ0v) is 11.9. The summed E-state index contributed by atoms with van der Waals surface area (Å²) < 4.78 is 0. The largest absolute Gasteiger partial charge is 0.373 e. The van der Waals surface area contributed by atoms with E-state index in [4.69, 9.17) is 0 Å². The number of piperidine rings is 1. The van der Waals surface area contributed by atoms with E-state index in [0.29, 0.717) is 12.8 Å². The first-order valence-electron chi connectivity index (χ1n) is 7.21. The van der Waals surface area contributed by atoms with Crippen molar-refractivity contribution in [1.82, 2.24) is 10.6 Å². The molecule has 2 aliphatic heterocycles. The summed E-state index contributed by atoms with van der Waals surface area (Å²) in [4.78, 5) is 34.7. The van der Waals surface area contributed by atoms with Gasteiger partial charge in [-0.1, -0.05) is 12.1 Å². The van der Waals surface area contributed by atoms with Crippen LogP contribution >= 0.6 is 0 Å². The van der Waals surface area contributed by atoms with Crippen LogP contribution in [0.5, 0.6) is 0 Å². The number of nitrogens with one attached hydrogen (secondary N) is 3. The van der Waals surface area contributed by atoms with E-state index in [1.165, 1.54) is 0 Å². The molecule has 0 bridgehead atoms. The van der Waals surface area contributed by atoms with Crippen LogP contribution in [0.15, 0.2) is 18.2 Å². The van der Waals surface area contributed by atoms with Crippen molar-refractivity contribution in [1.29, 1.82) is 0 Å². The molecule has 1 unspecified atom stereocenters. The maximum absolute atomic E-state index is 12.0. The number of imide groups is 1. The van der Waals surface area contributed by atoms with Gasteiger partial charge in [-0.15, -0.1) is 0 Å². The van der Waals surface area contributed by atoms with Gasteiger partial charge >= 0.3 is 0 Å². The van der Waals surface area contributed by atoms with Crippen molar-refractivity contribution < 1.29 is 19.5 Å². The molecule has 2 aliphatic rings. The molecule has 1 aromatic carbocycles. The van der Waals surface area contributed by atoms with Crippen LogP contribution in [0, 0.1) is 0 Å². The Hall–Kier alpha value is -2.41. The predicted octanol–water partition coefficient (Wildman–Crippen LogP) is -0.563. The summed E-state index contributed by atoms with van der Waals surface area (Å²) in [7, 11) is 0. The molecular weight excluding hydrogens is 286 g/mol. The number of anilines is 1. The molecule has 0 spiro atoms. The molecule has 2 heterocycles. The van der Waals surface area contributed by atoms with Crippen LogP contribution in [0.2, 0.25) is 0 Å². The van der Waals surface area contributed by atoms with E-state index >= 15 is 0 Å². The fourth-order valence-electron chi connectivity index (χ4n) is 2.77. The Kier molecular flexibility index (Phi) is 3.81. The Morgan fingerprint density at radius 1 is 1.36 bits per heavy atom. The molecule has 0 aromatic heterocycles. The zero-order chi connectivity index (χ0) is 15.7. The molecule has 1 fully saturated rings. The van der Waals surface area contributed by atoms with Crippen LogP contribution in [0.1, 0.15) is 24.0 Å².